The van der Waals surface area contributed by atoms with Gasteiger partial charge in [-0.25, -0.2) is 18.4 Å². The molecule has 2 atom stereocenters. The number of benzene rings is 1. The predicted molar refractivity (Wildman–Crippen MR) is 109 cm³/mol. The maximum Gasteiger partial charge on any atom is 0.218 e. The molecule has 1 N–H and O–H groups in total. The van der Waals surface area contributed by atoms with Crippen LogP contribution in [0, 0.1) is 11.3 Å². The van der Waals surface area contributed by atoms with Crippen LogP contribution in [0.1, 0.15) is 24.0 Å². The van der Waals surface area contributed by atoms with Crippen LogP contribution >= 0.6 is 0 Å². The van der Waals surface area contributed by atoms with E-state index in [9.17, 15) is 8.42 Å². The van der Waals surface area contributed by atoms with Gasteiger partial charge in [0.2, 0.25) is 10.0 Å². The SMILES string of the molecule is N#Cc1cccc(CS(=O)(=O)N2C3CCC2CN(c2ncnc4[nH]ccc24)C3)c1. The first-order valence-electron chi connectivity index (χ1n) is 9.58. The van der Waals surface area contributed by atoms with Crippen LogP contribution in [0.25, 0.3) is 11.0 Å². The monoisotopic (exact) mass is 408 g/mol. The molecule has 2 saturated heterocycles. The van der Waals surface area contributed by atoms with Gasteiger partial charge in [0.05, 0.1) is 22.8 Å². The topological polar surface area (TPSA) is 106 Å². The molecule has 0 spiro atoms. The van der Waals surface area contributed by atoms with Gasteiger partial charge >= 0.3 is 0 Å². The zero-order chi connectivity index (χ0) is 20.0. The molecule has 2 unspecified atom stereocenters. The van der Waals surface area contributed by atoms with Gasteiger partial charge in [-0.05, 0) is 36.6 Å². The smallest absolute Gasteiger partial charge is 0.218 e. The summed E-state index contributed by atoms with van der Waals surface area (Å²) in [5.41, 5.74) is 1.91. The normalized spacial score (nSPS) is 22.1. The number of nitrogens with one attached hydrogen (secondary N) is 1. The van der Waals surface area contributed by atoms with E-state index < -0.39 is 10.0 Å². The third-order valence-corrected chi connectivity index (χ3v) is 7.71. The Bertz CT molecular complexity index is 1200. The molecule has 0 radical (unpaired) electrons. The number of aromatic amines is 1. The van der Waals surface area contributed by atoms with E-state index in [0.29, 0.717) is 24.2 Å². The Morgan fingerprint density at radius 2 is 1.97 bits per heavy atom. The number of sulfonamides is 1. The van der Waals surface area contributed by atoms with Crippen LogP contribution in [-0.2, 0) is 15.8 Å². The van der Waals surface area contributed by atoms with Gasteiger partial charge in [0.25, 0.3) is 0 Å². The molecule has 29 heavy (non-hydrogen) atoms. The number of anilines is 1. The quantitative estimate of drug-likeness (QED) is 0.708. The summed E-state index contributed by atoms with van der Waals surface area (Å²) < 4.78 is 28.2. The Labute approximate surface area is 168 Å². The lowest BCUT2D eigenvalue weighted by molar-refractivity contribution is 0.285. The average molecular weight is 408 g/mol. The summed E-state index contributed by atoms with van der Waals surface area (Å²) in [6.45, 7) is 1.23. The summed E-state index contributed by atoms with van der Waals surface area (Å²) in [6, 6.07) is 10.7. The number of aromatic nitrogens is 3. The maximum absolute atomic E-state index is 13.2. The first kappa shape index (κ1) is 18.1. The van der Waals surface area contributed by atoms with Crippen LogP contribution in [0.2, 0.25) is 0 Å². The molecule has 2 aliphatic rings. The standard InChI is InChI=1S/C20H20N6O2S/c21-9-14-2-1-3-15(8-14)12-29(27,28)26-16-4-5-17(26)11-25(10-16)20-18-6-7-22-19(18)23-13-24-20/h1-3,6-8,13,16-17H,4-5,10-12H2,(H,22,23,24). The second kappa shape index (κ2) is 6.83. The Morgan fingerprint density at radius 3 is 2.72 bits per heavy atom. The highest BCUT2D eigenvalue weighted by molar-refractivity contribution is 7.88. The lowest BCUT2D eigenvalue weighted by Crippen LogP contribution is -2.56. The van der Waals surface area contributed by atoms with E-state index in [1.54, 1.807) is 34.9 Å². The summed E-state index contributed by atoms with van der Waals surface area (Å²) in [6.07, 6.45) is 5.08. The fourth-order valence-electron chi connectivity index (χ4n) is 4.62. The largest absolute Gasteiger partial charge is 0.353 e. The van der Waals surface area contributed by atoms with Crippen molar-refractivity contribution in [3.63, 3.8) is 0 Å². The zero-order valence-electron chi connectivity index (χ0n) is 15.7. The van der Waals surface area contributed by atoms with Crippen LogP contribution in [0.4, 0.5) is 5.82 Å². The molecule has 9 heteroatoms. The summed E-state index contributed by atoms with van der Waals surface area (Å²) in [7, 11) is -3.48. The Morgan fingerprint density at radius 1 is 1.17 bits per heavy atom. The number of hydrogen-bond donors (Lipinski definition) is 1. The van der Waals surface area contributed by atoms with E-state index in [1.165, 1.54) is 0 Å². The van der Waals surface area contributed by atoms with Crippen molar-refractivity contribution in [1.82, 2.24) is 19.3 Å². The predicted octanol–water partition coefficient (Wildman–Crippen LogP) is 2.01. The Kier molecular flexibility index (Phi) is 4.26. The molecule has 0 amide bonds. The lowest BCUT2D eigenvalue weighted by Gasteiger charge is -2.40. The molecule has 2 aromatic heterocycles. The molecule has 0 saturated carbocycles. The van der Waals surface area contributed by atoms with E-state index in [-0.39, 0.29) is 17.8 Å². The van der Waals surface area contributed by atoms with E-state index >= 15 is 0 Å². The number of hydrogen-bond acceptors (Lipinski definition) is 6. The number of nitrogens with zero attached hydrogens (tertiary/aromatic N) is 5. The van der Waals surface area contributed by atoms with Crippen LogP contribution < -0.4 is 4.90 Å². The molecule has 148 valence electrons. The molecule has 1 aromatic carbocycles. The highest BCUT2D eigenvalue weighted by Crippen LogP contribution is 2.36. The molecule has 2 bridgehead atoms. The van der Waals surface area contributed by atoms with Crippen LogP contribution in [0.5, 0.6) is 0 Å². The molecule has 0 aliphatic carbocycles. The van der Waals surface area contributed by atoms with Crippen molar-refractivity contribution in [3.8, 4) is 6.07 Å². The third kappa shape index (κ3) is 3.14. The van der Waals surface area contributed by atoms with Crippen LogP contribution in [0.15, 0.2) is 42.9 Å². The molecule has 8 nitrogen and oxygen atoms in total. The minimum absolute atomic E-state index is 0.0677. The van der Waals surface area contributed by atoms with E-state index in [1.807, 2.05) is 12.3 Å². The van der Waals surface area contributed by atoms with Gasteiger partial charge in [-0.2, -0.15) is 9.57 Å². The van der Waals surface area contributed by atoms with Gasteiger partial charge < -0.3 is 9.88 Å². The summed E-state index contributed by atoms with van der Waals surface area (Å²) in [4.78, 5) is 14.0. The first-order valence-corrected chi connectivity index (χ1v) is 11.2. The molecule has 2 fully saturated rings. The van der Waals surface area contributed by atoms with Gasteiger partial charge in [0.1, 0.15) is 17.8 Å². The first-order chi connectivity index (χ1) is 14.0. The second-order valence-corrected chi connectivity index (χ2v) is 9.50. The maximum atomic E-state index is 13.2. The van der Waals surface area contributed by atoms with Gasteiger partial charge in [-0.15, -0.1) is 0 Å². The minimum atomic E-state index is -3.48. The van der Waals surface area contributed by atoms with Gasteiger partial charge in [0, 0.05) is 31.4 Å². The Balaban J connectivity index is 1.40. The lowest BCUT2D eigenvalue weighted by atomic mass is 10.2. The van der Waals surface area contributed by atoms with Gasteiger partial charge in [-0.3, -0.25) is 0 Å². The van der Waals surface area contributed by atoms with Crippen molar-refractivity contribution in [1.29, 1.82) is 5.26 Å². The average Bonchev–Trinajstić information content (AvgIpc) is 3.30. The highest BCUT2D eigenvalue weighted by Gasteiger charge is 2.46. The third-order valence-electron chi connectivity index (χ3n) is 5.77. The Hall–Kier alpha value is -2.96. The van der Waals surface area contributed by atoms with Crippen LogP contribution in [0.3, 0.4) is 0 Å². The number of rotatable bonds is 4. The summed E-state index contributed by atoms with van der Waals surface area (Å²) in [5.74, 6) is 0.775. The fraction of sp³-hybridized carbons (Fsp3) is 0.350. The number of H-pyrrole nitrogens is 1. The van der Waals surface area contributed by atoms with E-state index in [4.69, 9.17) is 5.26 Å². The molecular formula is C20H20N6O2S. The summed E-state index contributed by atoms with van der Waals surface area (Å²) >= 11 is 0. The second-order valence-electron chi connectivity index (χ2n) is 7.63. The molecule has 3 aromatic rings. The van der Waals surface area contributed by atoms with Crippen molar-refractivity contribution < 1.29 is 8.42 Å². The number of fused-ring (bicyclic) bond motifs is 3. The fourth-order valence-corrected chi connectivity index (χ4v) is 6.62. The van der Waals surface area contributed by atoms with Crippen molar-refractivity contribution in [2.75, 3.05) is 18.0 Å². The minimum Gasteiger partial charge on any atom is -0.353 e. The summed E-state index contributed by atoms with van der Waals surface area (Å²) in [5, 5.41) is 10.0. The van der Waals surface area contributed by atoms with Crippen molar-refractivity contribution >= 4 is 26.9 Å². The van der Waals surface area contributed by atoms with Crippen molar-refractivity contribution in [2.24, 2.45) is 0 Å². The van der Waals surface area contributed by atoms with Gasteiger partial charge in [0.15, 0.2) is 0 Å². The van der Waals surface area contributed by atoms with Crippen molar-refractivity contribution in [2.45, 2.75) is 30.7 Å². The number of piperazine rings is 1. The van der Waals surface area contributed by atoms with E-state index in [2.05, 4.69) is 25.9 Å². The number of nitriles is 1. The molecule has 5 rings (SSSR count). The van der Waals surface area contributed by atoms with Crippen LogP contribution in [-0.4, -0.2) is 52.8 Å². The van der Waals surface area contributed by atoms with Gasteiger partial charge in [-0.1, -0.05) is 12.1 Å². The van der Waals surface area contributed by atoms with Crippen molar-refractivity contribution in [3.05, 3.63) is 54.0 Å². The molecular weight excluding hydrogens is 388 g/mol. The zero-order valence-corrected chi connectivity index (χ0v) is 16.5. The molecule has 2 aliphatic heterocycles. The highest BCUT2D eigenvalue weighted by atomic mass is 32.2. The van der Waals surface area contributed by atoms with E-state index in [0.717, 1.165) is 29.7 Å². The molecule has 4 heterocycles.